The van der Waals surface area contributed by atoms with Gasteiger partial charge in [0.2, 0.25) is 0 Å². The van der Waals surface area contributed by atoms with Gasteiger partial charge in [-0.3, -0.25) is 4.90 Å². The summed E-state index contributed by atoms with van der Waals surface area (Å²) < 4.78 is 7.25. The highest BCUT2D eigenvalue weighted by Crippen LogP contribution is 2.31. The predicted molar refractivity (Wildman–Crippen MR) is 95.7 cm³/mol. The molecular weight excluding hydrogens is 334 g/mol. The van der Waals surface area contributed by atoms with E-state index < -0.39 is 12.1 Å². The van der Waals surface area contributed by atoms with Crippen molar-refractivity contribution >= 4 is 5.97 Å². The summed E-state index contributed by atoms with van der Waals surface area (Å²) in [6, 6.07) is 7.54. The lowest BCUT2D eigenvalue weighted by atomic mass is 9.90. The van der Waals surface area contributed by atoms with E-state index in [2.05, 4.69) is 9.88 Å². The Morgan fingerprint density at radius 3 is 2.73 bits per heavy atom. The van der Waals surface area contributed by atoms with E-state index in [1.165, 1.54) is 0 Å². The molecule has 2 aromatic rings. The van der Waals surface area contributed by atoms with Gasteiger partial charge in [0.25, 0.3) is 0 Å². The zero-order valence-electron chi connectivity index (χ0n) is 14.9. The molecule has 0 saturated carbocycles. The van der Waals surface area contributed by atoms with Crippen LogP contribution >= 0.6 is 0 Å². The summed E-state index contributed by atoms with van der Waals surface area (Å²) in [5.74, 6) is 0.552. The van der Waals surface area contributed by atoms with Crippen LogP contribution in [-0.4, -0.2) is 50.3 Å². The molecule has 1 atom stereocenters. The molecule has 0 aliphatic carbocycles. The fraction of sp³-hybridized carbons (Fsp3) is 0.474. The monoisotopic (exact) mass is 359 g/mol. The lowest BCUT2D eigenvalue weighted by molar-refractivity contribution is -0.139. The molecule has 0 amide bonds. The Balaban J connectivity index is 1.56. The number of aliphatic hydroxyl groups excluding tert-OH is 1. The molecule has 1 aromatic heterocycles. The van der Waals surface area contributed by atoms with Crippen LogP contribution in [0.25, 0.3) is 0 Å². The number of hydrogen-bond donors (Lipinski definition) is 2. The number of para-hydroxylation sites is 1. The van der Waals surface area contributed by atoms with Crippen molar-refractivity contribution < 1.29 is 19.7 Å². The van der Waals surface area contributed by atoms with E-state index in [-0.39, 0.29) is 12.5 Å². The molecule has 1 fully saturated rings. The van der Waals surface area contributed by atoms with E-state index in [0.717, 1.165) is 37.3 Å². The second-order valence-corrected chi connectivity index (χ2v) is 6.74. The highest BCUT2D eigenvalue weighted by atomic mass is 16.5. The molecule has 1 aliphatic rings. The maximum absolute atomic E-state index is 10.7. The number of carboxylic acid groups (broad SMARTS) is 1. The van der Waals surface area contributed by atoms with Crippen LogP contribution in [0.2, 0.25) is 0 Å². The molecule has 1 saturated heterocycles. The summed E-state index contributed by atoms with van der Waals surface area (Å²) in [5, 5.41) is 19.4. The number of nitrogens with zero attached hydrogens (tertiary/aromatic N) is 3. The molecule has 1 aliphatic heterocycles. The maximum atomic E-state index is 10.7. The van der Waals surface area contributed by atoms with Crippen LogP contribution in [0, 0.1) is 5.92 Å². The van der Waals surface area contributed by atoms with Gasteiger partial charge in [-0.05, 0) is 37.9 Å². The third-order valence-electron chi connectivity index (χ3n) is 4.92. The van der Waals surface area contributed by atoms with Crippen molar-refractivity contribution in [2.45, 2.75) is 25.5 Å². The number of aliphatic hydroxyl groups is 1. The second-order valence-electron chi connectivity index (χ2n) is 6.74. The Hall–Kier alpha value is -2.38. The molecule has 0 spiro atoms. The zero-order chi connectivity index (χ0) is 18.5. The second kappa shape index (κ2) is 8.33. The first kappa shape index (κ1) is 18.4. The van der Waals surface area contributed by atoms with E-state index >= 15 is 0 Å². The first-order chi connectivity index (χ1) is 12.5. The van der Waals surface area contributed by atoms with Gasteiger partial charge in [0.05, 0.1) is 0 Å². The number of aryl methyl sites for hydroxylation is 1. The van der Waals surface area contributed by atoms with Gasteiger partial charge in [-0.2, -0.15) is 0 Å². The summed E-state index contributed by atoms with van der Waals surface area (Å²) in [4.78, 5) is 17.3. The maximum Gasteiger partial charge on any atom is 0.341 e. The van der Waals surface area contributed by atoms with Crippen LogP contribution in [-0.2, 0) is 18.4 Å². The third kappa shape index (κ3) is 4.42. The largest absolute Gasteiger partial charge is 0.482 e. The van der Waals surface area contributed by atoms with Gasteiger partial charge >= 0.3 is 5.97 Å². The Morgan fingerprint density at radius 2 is 2.08 bits per heavy atom. The van der Waals surface area contributed by atoms with Crippen LogP contribution in [0.4, 0.5) is 0 Å². The fourth-order valence-corrected chi connectivity index (χ4v) is 3.46. The minimum Gasteiger partial charge on any atom is -0.482 e. The van der Waals surface area contributed by atoms with E-state index in [0.29, 0.717) is 12.3 Å². The van der Waals surface area contributed by atoms with Crippen LogP contribution in [0.1, 0.15) is 30.3 Å². The standard InChI is InChI=1S/C19H25N3O4/c1-21-11-8-20-19(21)18(25)14-6-9-22(10-7-14)12-15-4-2-3-5-16(15)26-13-17(23)24/h2-5,8,11,14,18,25H,6-7,9-10,12-13H2,1H3,(H,23,24)/t18-/m0/s1. The molecule has 0 bridgehead atoms. The molecule has 7 heteroatoms. The van der Waals surface area contributed by atoms with E-state index in [9.17, 15) is 9.90 Å². The average molecular weight is 359 g/mol. The van der Waals surface area contributed by atoms with Gasteiger partial charge in [0.1, 0.15) is 17.7 Å². The van der Waals surface area contributed by atoms with Crippen molar-refractivity contribution in [1.82, 2.24) is 14.5 Å². The zero-order valence-corrected chi connectivity index (χ0v) is 14.9. The molecule has 2 heterocycles. The van der Waals surface area contributed by atoms with Crippen LogP contribution in [0.5, 0.6) is 5.75 Å². The van der Waals surface area contributed by atoms with Gasteiger partial charge in [-0.1, -0.05) is 18.2 Å². The number of aliphatic carboxylic acids is 1. The normalized spacial score (nSPS) is 17.2. The van der Waals surface area contributed by atoms with Gasteiger partial charge < -0.3 is 19.5 Å². The summed E-state index contributed by atoms with van der Waals surface area (Å²) in [6.45, 7) is 2.12. The topological polar surface area (TPSA) is 87.8 Å². The van der Waals surface area contributed by atoms with Crippen molar-refractivity contribution in [3.63, 3.8) is 0 Å². The van der Waals surface area contributed by atoms with Crippen molar-refractivity contribution in [1.29, 1.82) is 0 Å². The molecule has 2 N–H and O–H groups in total. The van der Waals surface area contributed by atoms with Crippen molar-refractivity contribution in [3.8, 4) is 5.75 Å². The van der Waals surface area contributed by atoms with E-state index in [1.54, 1.807) is 12.3 Å². The molecule has 1 aromatic carbocycles. The van der Waals surface area contributed by atoms with E-state index in [1.807, 2.05) is 36.0 Å². The summed E-state index contributed by atoms with van der Waals surface area (Å²) >= 11 is 0. The van der Waals surface area contributed by atoms with Crippen molar-refractivity contribution in [2.24, 2.45) is 13.0 Å². The van der Waals surface area contributed by atoms with Gasteiger partial charge in [0, 0.05) is 31.5 Å². The highest BCUT2D eigenvalue weighted by Gasteiger charge is 2.28. The Labute approximate surface area is 152 Å². The Morgan fingerprint density at radius 1 is 1.35 bits per heavy atom. The highest BCUT2D eigenvalue weighted by molar-refractivity contribution is 5.68. The first-order valence-electron chi connectivity index (χ1n) is 8.84. The number of likely N-dealkylation sites (tertiary alicyclic amines) is 1. The molecule has 140 valence electrons. The van der Waals surface area contributed by atoms with Crippen LogP contribution in [0.3, 0.4) is 0 Å². The predicted octanol–water partition coefficient (Wildman–Crippen LogP) is 1.83. The number of carboxylic acids is 1. The Bertz CT molecular complexity index is 738. The number of benzene rings is 1. The molecule has 7 nitrogen and oxygen atoms in total. The van der Waals surface area contributed by atoms with E-state index in [4.69, 9.17) is 9.84 Å². The average Bonchev–Trinajstić information content (AvgIpc) is 3.07. The number of ether oxygens (including phenoxy) is 1. The first-order valence-corrected chi connectivity index (χ1v) is 8.84. The van der Waals surface area contributed by atoms with Gasteiger partial charge in [-0.25, -0.2) is 9.78 Å². The molecule has 0 unspecified atom stereocenters. The number of carbonyl (C=O) groups is 1. The number of aromatic nitrogens is 2. The molecule has 3 rings (SSSR count). The minimum absolute atomic E-state index is 0.200. The number of piperidine rings is 1. The lowest BCUT2D eigenvalue weighted by Crippen LogP contribution is -2.35. The van der Waals surface area contributed by atoms with Crippen molar-refractivity contribution in [2.75, 3.05) is 19.7 Å². The van der Waals surface area contributed by atoms with Gasteiger partial charge in [-0.15, -0.1) is 0 Å². The summed E-state index contributed by atoms with van der Waals surface area (Å²) in [5.41, 5.74) is 0.983. The third-order valence-corrected chi connectivity index (χ3v) is 4.92. The smallest absolute Gasteiger partial charge is 0.341 e. The van der Waals surface area contributed by atoms with Crippen LogP contribution < -0.4 is 4.74 Å². The number of rotatable bonds is 7. The SMILES string of the molecule is Cn1ccnc1[C@@H](O)C1CCN(Cc2ccccc2OCC(=O)O)CC1. The number of hydrogen-bond acceptors (Lipinski definition) is 5. The fourth-order valence-electron chi connectivity index (χ4n) is 3.46. The quantitative estimate of drug-likeness (QED) is 0.784. The minimum atomic E-state index is -0.983. The molecule has 0 radical (unpaired) electrons. The van der Waals surface area contributed by atoms with Crippen LogP contribution in [0.15, 0.2) is 36.7 Å². The lowest BCUT2D eigenvalue weighted by Gasteiger charge is -2.34. The summed E-state index contributed by atoms with van der Waals surface area (Å²) in [7, 11) is 1.90. The van der Waals surface area contributed by atoms with Gasteiger partial charge in [0.15, 0.2) is 6.61 Å². The molecular formula is C19H25N3O4. The summed E-state index contributed by atoms with van der Waals surface area (Å²) in [6.07, 6.45) is 4.81. The Kier molecular flexibility index (Phi) is 5.90. The van der Waals surface area contributed by atoms with Crippen molar-refractivity contribution in [3.05, 3.63) is 48.0 Å². The number of imidazole rings is 1. The molecule has 26 heavy (non-hydrogen) atoms.